The molecule has 35 heavy (non-hydrogen) atoms. The summed E-state index contributed by atoms with van der Waals surface area (Å²) in [6, 6.07) is 3.67. The van der Waals surface area contributed by atoms with Crippen molar-refractivity contribution in [2.45, 2.75) is 71.8 Å². The Morgan fingerprint density at radius 1 is 1.14 bits per heavy atom. The number of carboxylic acids is 1. The largest absolute Gasteiger partial charge is 0.480 e. The van der Waals surface area contributed by atoms with Crippen molar-refractivity contribution < 1.29 is 24.4 Å². The minimum Gasteiger partial charge on any atom is -0.480 e. The maximum atomic E-state index is 12.8. The molecule has 1 unspecified atom stereocenters. The van der Waals surface area contributed by atoms with E-state index in [-0.39, 0.29) is 27.1 Å². The summed E-state index contributed by atoms with van der Waals surface area (Å²) in [4.78, 5) is 50.7. The Bertz CT molecular complexity index is 1070. The molecule has 0 aliphatic carbocycles. The molecule has 11 nitrogen and oxygen atoms in total. The first-order valence-corrected chi connectivity index (χ1v) is 12.3. The number of nitrogens with zero attached hydrogens (tertiary/aromatic N) is 2. The van der Waals surface area contributed by atoms with Crippen molar-refractivity contribution in [1.82, 2.24) is 4.98 Å². The fourth-order valence-electron chi connectivity index (χ4n) is 3.49. The monoisotopic (exact) mass is 505 g/mol. The molecule has 2 rings (SSSR count). The third-order valence-corrected chi connectivity index (χ3v) is 6.24. The third kappa shape index (κ3) is 8.63. The second-order valence-electron chi connectivity index (χ2n) is 8.15. The molecule has 4 N–H and O–H groups in total. The number of nitro groups is 1. The highest BCUT2D eigenvalue weighted by Gasteiger charge is 2.22. The van der Waals surface area contributed by atoms with Gasteiger partial charge >= 0.3 is 11.0 Å². The Labute approximate surface area is 207 Å². The number of nitrogens with one attached hydrogen (secondary N) is 3. The molecule has 0 fully saturated rings. The van der Waals surface area contributed by atoms with Crippen LogP contribution in [0.3, 0.4) is 0 Å². The molecule has 190 valence electrons. The van der Waals surface area contributed by atoms with Gasteiger partial charge in [-0.15, -0.1) is 0 Å². The molecule has 1 aromatic heterocycles. The van der Waals surface area contributed by atoms with E-state index in [9.17, 15) is 29.6 Å². The van der Waals surface area contributed by atoms with Crippen molar-refractivity contribution in [3.63, 3.8) is 0 Å². The van der Waals surface area contributed by atoms with E-state index in [1.54, 1.807) is 6.07 Å². The number of aromatic nitrogens is 1. The molecule has 1 atom stereocenters. The zero-order chi connectivity index (χ0) is 26.0. The Kier molecular flexibility index (Phi) is 10.6. The highest BCUT2D eigenvalue weighted by Crippen LogP contribution is 2.31. The van der Waals surface area contributed by atoms with Crippen molar-refractivity contribution in [2.75, 3.05) is 16.0 Å². The number of thiazole rings is 1. The van der Waals surface area contributed by atoms with E-state index >= 15 is 0 Å². The van der Waals surface area contributed by atoms with Gasteiger partial charge in [0.2, 0.25) is 5.91 Å². The number of amides is 2. The predicted molar refractivity (Wildman–Crippen MR) is 135 cm³/mol. The quantitative estimate of drug-likeness (QED) is 0.155. The minimum atomic E-state index is -0.984. The average Bonchev–Trinajstić information content (AvgIpc) is 3.15. The topological polar surface area (TPSA) is 164 Å². The van der Waals surface area contributed by atoms with Crippen molar-refractivity contribution in [1.29, 1.82) is 0 Å². The second-order valence-corrected chi connectivity index (χ2v) is 9.13. The maximum absolute atomic E-state index is 12.8. The van der Waals surface area contributed by atoms with Crippen molar-refractivity contribution in [3.8, 4) is 0 Å². The number of aryl methyl sites for hydroxylation is 1. The number of anilines is 3. The van der Waals surface area contributed by atoms with Crippen LogP contribution < -0.4 is 16.0 Å². The number of hydrogen-bond donors (Lipinski definition) is 4. The fraction of sp³-hybridized carbons (Fsp3) is 0.478. The van der Waals surface area contributed by atoms with Gasteiger partial charge in [-0.3, -0.25) is 25.0 Å². The normalized spacial score (nSPS) is 11.5. The van der Waals surface area contributed by atoms with E-state index in [4.69, 9.17) is 0 Å². The summed E-state index contributed by atoms with van der Waals surface area (Å²) >= 11 is 0.732. The van der Waals surface area contributed by atoms with Crippen LogP contribution in [0.4, 0.5) is 21.5 Å². The van der Waals surface area contributed by atoms with Crippen LogP contribution >= 0.6 is 11.3 Å². The molecule has 0 saturated carbocycles. The van der Waals surface area contributed by atoms with E-state index < -0.39 is 28.7 Å². The predicted octanol–water partition coefficient (Wildman–Crippen LogP) is 5.19. The summed E-state index contributed by atoms with van der Waals surface area (Å²) in [6.07, 6.45) is 6.69. The molecule has 0 aliphatic heterocycles. The van der Waals surface area contributed by atoms with Crippen LogP contribution in [0.1, 0.15) is 74.8 Å². The van der Waals surface area contributed by atoms with Gasteiger partial charge in [0.1, 0.15) is 11.7 Å². The summed E-state index contributed by atoms with van der Waals surface area (Å²) in [6.45, 7) is 4.89. The molecule has 1 aromatic carbocycles. The van der Waals surface area contributed by atoms with Gasteiger partial charge in [0.15, 0.2) is 5.13 Å². The van der Waals surface area contributed by atoms with Gasteiger partial charge in [-0.25, -0.2) is 9.78 Å². The van der Waals surface area contributed by atoms with Gasteiger partial charge < -0.3 is 15.7 Å². The lowest BCUT2D eigenvalue weighted by molar-refractivity contribution is -0.380. The number of carbonyl (C=O) groups excluding carboxylic acids is 2. The zero-order valence-corrected chi connectivity index (χ0v) is 20.9. The Hall–Kier alpha value is -3.54. The number of unbranched alkanes of at least 4 members (excludes halogenated alkanes) is 5. The van der Waals surface area contributed by atoms with Crippen LogP contribution in [-0.2, 0) is 9.59 Å². The van der Waals surface area contributed by atoms with Crippen LogP contribution in [0.2, 0.25) is 0 Å². The molecule has 0 aliphatic rings. The Balaban J connectivity index is 2.14. The van der Waals surface area contributed by atoms with E-state index in [1.165, 1.54) is 32.4 Å². The van der Waals surface area contributed by atoms with Crippen LogP contribution in [0, 0.1) is 17.0 Å². The highest BCUT2D eigenvalue weighted by molar-refractivity contribution is 7.19. The number of carbonyl (C=O) groups is 3. The van der Waals surface area contributed by atoms with Crippen LogP contribution in [-0.4, -0.2) is 38.8 Å². The maximum Gasteiger partial charge on any atom is 0.348 e. The molecule has 0 bridgehead atoms. The average molecular weight is 506 g/mol. The first-order chi connectivity index (χ1) is 16.6. The summed E-state index contributed by atoms with van der Waals surface area (Å²) in [5.41, 5.74) is 0.891. The minimum absolute atomic E-state index is 0.0556. The van der Waals surface area contributed by atoms with Crippen molar-refractivity contribution in [3.05, 3.63) is 39.6 Å². The molecule has 2 aromatic rings. The van der Waals surface area contributed by atoms with Gasteiger partial charge in [0, 0.05) is 12.6 Å². The second kappa shape index (κ2) is 13.4. The summed E-state index contributed by atoms with van der Waals surface area (Å²) in [7, 11) is 0. The van der Waals surface area contributed by atoms with E-state index in [1.807, 2.05) is 0 Å². The van der Waals surface area contributed by atoms with Gasteiger partial charge in [-0.2, -0.15) is 0 Å². The lowest BCUT2D eigenvalue weighted by atomic mass is 10.0. The fourth-order valence-corrected chi connectivity index (χ4v) is 4.27. The van der Waals surface area contributed by atoms with Gasteiger partial charge in [0.25, 0.3) is 5.91 Å². The van der Waals surface area contributed by atoms with Gasteiger partial charge in [-0.1, -0.05) is 45.4 Å². The van der Waals surface area contributed by atoms with Crippen molar-refractivity contribution in [2.24, 2.45) is 0 Å². The zero-order valence-electron chi connectivity index (χ0n) is 20.1. The summed E-state index contributed by atoms with van der Waals surface area (Å²) in [5.74, 6) is -2.02. The van der Waals surface area contributed by atoms with Crippen LogP contribution in [0.15, 0.2) is 18.2 Å². The molecule has 2 amide bonds. The molecule has 0 spiro atoms. The highest BCUT2D eigenvalue weighted by atomic mass is 32.1. The smallest absolute Gasteiger partial charge is 0.348 e. The van der Waals surface area contributed by atoms with Crippen LogP contribution in [0.25, 0.3) is 0 Å². The molecule has 0 radical (unpaired) electrons. The number of rotatable bonds is 14. The van der Waals surface area contributed by atoms with Crippen molar-refractivity contribution >= 4 is 50.6 Å². The standard InChI is InChI=1S/C23H31N5O6S/c1-4-5-6-7-8-9-10-18(22(31)32)26-16-11-12-17(19(13-16)25-15(3)29)20(30)27-23-24-14(2)21(35-23)28(33)34/h11-13,18,26H,4-10H2,1-3H3,(H,25,29)(H,31,32)(H,24,27,30). The molecular formula is C23H31N5O6S. The number of aliphatic carboxylic acids is 1. The van der Waals surface area contributed by atoms with E-state index in [0.29, 0.717) is 12.1 Å². The number of hydrogen-bond acceptors (Lipinski definition) is 8. The molecular weight excluding hydrogens is 474 g/mol. The van der Waals surface area contributed by atoms with Gasteiger partial charge in [0.05, 0.1) is 16.2 Å². The first-order valence-electron chi connectivity index (χ1n) is 11.5. The Morgan fingerprint density at radius 2 is 1.83 bits per heavy atom. The molecule has 0 saturated heterocycles. The summed E-state index contributed by atoms with van der Waals surface area (Å²) < 4.78 is 0. The SMILES string of the molecule is CCCCCCCCC(Nc1ccc(C(=O)Nc2nc(C)c([N+](=O)[O-])s2)c(NC(C)=O)c1)C(=O)O. The van der Waals surface area contributed by atoms with E-state index in [2.05, 4.69) is 27.9 Å². The lowest BCUT2D eigenvalue weighted by Gasteiger charge is -2.18. The van der Waals surface area contributed by atoms with E-state index in [0.717, 1.165) is 43.4 Å². The Morgan fingerprint density at radius 3 is 2.43 bits per heavy atom. The lowest BCUT2D eigenvalue weighted by Crippen LogP contribution is -2.29. The third-order valence-electron chi connectivity index (χ3n) is 5.22. The van der Waals surface area contributed by atoms with Crippen LogP contribution in [0.5, 0.6) is 0 Å². The molecule has 12 heteroatoms. The number of carboxylic acid groups (broad SMARTS) is 1. The first kappa shape index (κ1) is 27.7. The number of benzene rings is 1. The van der Waals surface area contributed by atoms with Gasteiger partial charge in [-0.05, 0) is 42.9 Å². The molecule has 1 heterocycles. The summed E-state index contributed by atoms with van der Waals surface area (Å²) in [5, 5.41) is 28.6.